The van der Waals surface area contributed by atoms with E-state index in [4.69, 9.17) is 27.7 Å². The molecular weight excluding hydrogens is 335 g/mol. The molecule has 0 unspecified atom stereocenters. The summed E-state index contributed by atoms with van der Waals surface area (Å²) in [7, 11) is -3.23. The molecule has 0 aliphatic rings. The van der Waals surface area contributed by atoms with Gasteiger partial charge in [-0.3, -0.25) is 0 Å². The highest BCUT2D eigenvalue weighted by Gasteiger charge is 2.18. The summed E-state index contributed by atoms with van der Waals surface area (Å²) in [6.45, 7) is 1.93. The van der Waals surface area contributed by atoms with E-state index in [2.05, 4.69) is 10.1 Å². The lowest BCUT2D eigenvalue weighted by molar-refractivity contribution is 0.389. The average Bonchev–Trinajstić information content (AvgIpc) is 2.84. The Labute approximate surface area is 133 Å². The number of halogens is 2. The second-order valence-electron chi connectivity index (χ2n) is 4.58. The van der Waals surface area contributed by atoms with Gasteiger partial charge in [0.05, 0.1) is 10.8 Å². The normalized spacial score (nSPS) is 11.8. The molecule has 0 bridgehead atoms. The maximum atomic E-state index is 11.8. The number of nitrogens with zero attached hydrogens (tertiary/aromatic N) is 2. The van der Waals surface area contributed by atoms with Crippen LogP contribution in [0.15, 0.2) is 22.7 Å². The van der Waals surface area contributed by atoms with Crippen LogP contribution in [0.4, 0.5) is 0 Å². The monoisotopic (exact) mass is 348 g/mol. The number of unbranched alkanes of at least 4 members (excludes halogenated alkanes) is 1. The highest BCUT2D eigenvalue weighted by Crippen LogP contribution is 2.28. The second kappa shape index (κ2) is 6.77. The summed E-state index contributed by atoms with van der Waals surface area (Å²) >= 11 is 11.9. The fraction of sp³-hybridized carbons (Fsp3) is 0.385. The van der Waals surface area contributed by atoms with Crippen LogP contribution < -0.4 is 0 Å². The SMILES string of the molecule is CCCCS(=O)(=O)Cc1nc(-c2ccc(Cl)cc2Cl)no1. The van der Waals surface area contributed by atoms with Crippen molar-refractivity contribution in [3.8, 4) is 11.4 Å². The molecule has 5 nitrogen and oxygen atoms in total. The summed E-state index contributed by atoms with van der Waals surface area (Å²) in [5, 5.41) is 4.64. The zero-order valence-electron chi connectivity index (χ0n) is 11.3. The fourth-order valence-corrected chi connectivity index (χ4v) is 3.58. The molecule has 0 saturated heterocycles. The first-order valence-corrected chi connectivity index (χ1v) is 8.97. The van der Waals surface area contributed by atoms with Crippen LogP contribution in [0.5, 0.6) is 0 Å². The van der Waals surface area contributed by atoms with Gasteiger partial charge in [-0.2, -0.15) is 4.98 Å². The van der Waals surface area contributed by atoms with Crippen LogP contribution >= 0.6 is 23.2 Å². The van der Waals surface area contributed by atoms with Crippen molar-refractivity contribution >= 4 is 33.0 Å². The van der Waals surface area contributed by atoms with Gasteiger partial charge in [0.25, 0.3) is 0 Å². The van der Waals surface area contributed by atoms with E-state index in [0.717, 1.165) is 6.42 Å². The minimum atomic E-state index is -3.23. The van der Waals surface area contributed by atoms with Crippen molar-refractivity contribution in [3.05, 3.63) is 34.1 Å². The summed E-state index contributed by atoms with van der Waals surface area (Å²) in [5.74, 6) is 0.165. The third-order valence-corrected chi connectivity index (χ3v) is 4.94. The van der Waals surface area contributed by atoms with Crippen molar-refractivity contribution in [3.63, 3.8) is 0 Å². The average molecular weight is 349 g/mol. The molecule has 0 aliphatic heterocycles. The lowest BCUT2D eigenvalue weighted by Crippen LogP contribution is -2.09. The molecule has 0 atom stereocenters. The number of sulfone groups is 1. The Hall–Kier alpha value is -1.11. The third-order valence-electron chi connectivity index (χ3n) is 2.79. The van der Waals surface area contributed by atoms with Crippen molar-refractivity contribution < 1.29 is 12.9 Å². The molecule has 2 rings (SSSR count). The Bertz CT molecular complexity index is 729. The second-order valence-corrected chi connectivity index (χ2v) is 7.61. The van der Waals surface area contributed by atoms with E-state index in [-0.39, 0.29) is 23.2 Å². The van der Waals surface area contributed by atoms with Crippen LogP contribution in [0.3, 0.4) is 0 Å². The quantitative estimate of drug-likeness (QED) is 0.794. The Kier molecular flexibility index (Phi) is 5.24. The molecule has 0 saturated carbocycles. The molecule has 0 amide bonds. The van der Waals surface area contributed by atoms with Crippen molar-refractivity contribution in [2.75, 3.05) is 5.75 Å². The minimum absolute atomic E-state index is 0.0621. The zero-order valence-corrected chi connectivity index (χ0v) is 13.7. The molecule has 114 valence electrons. The van der Waals surface area contributed by atoms with E-state index in [1.165, 1.54) is 0 Å². The van der Waals surface area contributed by atoms with Crippen LogP contribution in [0, 0.1) is 0 Å². The van der Waals surface area contributed by atoms with E-state index in [0.29, 0.717) is 22.0 Å². The molecule has 8 heteroatoms. The van der Waals surface area contributed by atoms with Crippen molar-refractivity contribution in [1.82, 2.24) is 10.1 Å². The minimum Gasteiger partial charge on any atom is -0.338 e. The third kappa shape index (κ3) is 4.43. The van der Waals surface area contributed by atoms with Gasteiger partial charge in [-0.05, 0) is 24.6 Å². The Morgan fingerprint density at radius 3 is 2.71 bits per heavy atom. The molecule has 0 radical (unpaired) electrons. The molecule has 2 aromatic rings. The maximum absolute atomic E-state index is 11.8. The fourth-order valence-electron chi connectivity index (χ4n) is 1.72. The van der Waals surface area contributed by atoms with Gasteiger partial charge in [-0.1, -0.05) is 41.7 Å². The molecule has 0 N–H and O–H groups in total. The lowest BCUT2D eigenvalue weighted by atomic mass is 10.2. The maximum Gasteiger partial charge on any atom is 0.242 e. The number of benzene rings is 1. The smallest absolute Gasteiger partial charge is 0.242 e. The largest absolute Gasteiger partial charge is 0.338 e. The molecule has 0 fully saturated rings. The molecule has 21 heavy (non-hydrogen) atoms. The van der Waals surface area contributed by atoms with Gasteiger partial charge >= 0.3 is 0 Å². The van der Waals surface area contributed by atoms with Crippen molar-refractivity contribution in [2.24, 2.45) is 0 Å². The molecule has 1 heterocycles. The summed E-state index contributed by atoms with van der Waals surface area (Å²) in [5.41, 5.74) is 0.544. The van der Waals surface area contributed by atoms with E-state index >= 15 is 0 Å². The van der Waals surface area contributed by atoms with Crippen LogP contribution in [-0.4, -0.2) is 24.3 Å². The lowest BCUT2D eigenvalue weighted by Gasteiger charge is -1.99. The first-order chi connectivity index (χ1) is 9.91. The van der Waals surface area contributed by atoms with Gasteiger partial charge in [0, 0.05) is 10.6 Å². The molecule has 1 aromatic carbocycles. The van der Waals surface area contributed by atoms with Gasteiger partial charge in [-0.25, -0.2) is 8.42 Å². The van der Waals surface area contributed by atoms with Crippen molar-refractivity contribution in [1.29, 1.82) is 0 Å². The van der Waals surface area contributed by atoms with Crippen LogP contribution in [0.25, 0.3) is 11.4 Å². The Balaban J connectivity index is 2.18. The van der Waals surface area contributed by atoms with E-state index in [1.807, 2.05) is 6.92 Å². The predicted octanol–water partition coefficient (Wildman–Crippen LogP) is 3.76. The summed E-state index contributed by atoms with van der Waals surface area (Å²) in [6, 6.07) is 4.87. The van der Waals surface area contributed by atoms with E-state index < -0.39 is 9.84 Å². The molecular formula is C13H14Cl2N2O3S. The van der Waals surface area contributed by atoms with Crippen LogP contribution in [0.2, 0.25) is 10.0 Å². The predicted molar refractivity (Wildman–Crippen MR) is 82.2 cm³/mol. The zero-order chi connectivity index (χ0) is 15.5. The highest BCUT2D eigenvalue weighted by molar-refractivity contribution is 7.90. The Morgan fingerprint density at radius 2 is 2.05 bits per heavy atom. The Morgan fingerprint density at radius 1 is 1.29 bits per heavy atom. The molecule has 1 aromatic heterocycles. The summed E-state index contributed by atoms with van der Waals surface area (Å²) < 4.78 is 28.7. The van der Waals surface area contributed by atoms with E-state index in [9.17, 15) is 8.42 Å². The number of hydrogen-bond donors (Lipinski definition) is 0. The molecule has 0 aliphatic carbocycles. The van der Waals surface area contributed by atoms with Crippen molar-refractivity contribution in [2.45, 2.75) is 25.5 Å². The van der Waals surface area contributed by atoms with Gasteiger partial charge < -0.3 is 4.52 Å². The molecule has 0 spiro atoms. The first-order valence-electron chi connectivity index (χ1n) is 6.39. The number of hydrogen-bond acceptors (Lipinski definition) is 5. The standard InChI is InChI=1S/C13H14Cl2N2O3S/c1-2-3-6-21(18,19)8-12-16-13(17-20-12)10-5-4-9(14)7-11(10)15/h4-5,7H,2-3,6,8H2,1H3. The van der Waals surface area contributed by atoms with Crippen LogP contribution in [0.1, 0.15) is 25.7 Å². The first kappa shape index (κ1) is 16.3. The topological polar surface area (TPSA) is 73.1 Å². The van der Waals surface area contributed by atoms with Gasteiger partial charge in [0.15, 0.2) is 9.84 Å². The summed E-state index contributed by atoms with van der Waals surface area (Å²) in [6.07, 6.45) is 1.43. The van der Waals surface area contributed by atoms with E-state index in [1.54, 1.807) is 18.2 Å². The highest BCUT2D eigenvalue weighted by atomic mass is 35.5. The van der Waals surface area contributed by atoms with Gasteiger partial charge in [-0.15, -0.1) is 0 Å². The van der Waals surface area contributed by atoms with Gasteiger partial charge in [0.2, 0.25) is 11.7 Å². The number of aromatic nitrogens is 2. The van der Waals surface area contributed by atoms with Crippen LogP contribution in [-0.2, 0) is 15.6 Å². The summed E-state index contributed by atoms with van der Waals surface area (Å²) in [4.78, 5) is 4.08. The van der Waals surface area contributed by atoms with Gasteiger partial charge in [0.1, 0.15) is 5.75 Å². The number of rotatable bonds is 6.